The van der Waals surface area contributed by atoms with E-state index in [2.05, 4.69) is 87.6 Å². The van der Waals surface area contributed by atoms with Gasteiger partial charge < -0.3 is 25.2 Å². The number of hydrogen-bond donors (Lipinski definition) is 1. The minimum absolute atomic E-state index is 0.0437. The SMILES string of the molecule is CN1CCN(CCCc2ccc(CO[C@@]3(N)CCC(c4cnn(C)c4)[C@@H]3N3C=C(C4CCCN4C)C=CC3)cc2)CC1. The molecule has 8 nitrogen and oxygen atoms in total. The summed E-state index contributed by atoms with van der Waals surface area (Å²) in [6.07, 6.45) is 17.8. The van der Waals surface area contributed by atoms with Crippen LogP contribution in [0.25, 0.3) is 0 Å². The van der Waals surface area contributed by atoms with Crippen molar-refractivity contribution in [3.8, 4) is 0 Å². The lowest BCUT2D eigenvalue weighted by molar-refractivity contribution is -0.0866. The van der Waals surface area contributed by atoms with Crippen molar-refractivity contribution in [3.05, 3.63) is 77.3 Å². The number of piperazine rings is 1. The Balaban J connectivity index is 1.11. The fraction of sp³-hybridized carbons (Fsp3) is 0.618. The van der Waals surface area contributed by atoms with Gasteiger partial charge in [-0.2, -0.15) is 5.10 Å². The Morgan fingerprint density at radius 1 is 1.00 bits per heavy atom. The summed E-state index contributed by atoms with van der Waals surface area (Å²) in [6, 6.07) is 9.54. The van der Waals surface area contributed by atoms with Gasteiger partial charge in [0.25, 0.3) is 0 Å². The van der Waals surface area contributed by atoms with E-state index in [1.165, 1.54) is 74.2 Å². The average Bonchev–Trinajstić information content (AvgIpc) is 3.72. The number of benzene rings is 1. The second kappa shape index (κ2) is 13.0. The molecule has 0 radical (unpaired) electrons. The molecule has 2 N–H and O–H groups in total. The van der Waals surface area contributed by atoms with Crippen LogP contribution in [-0.4, -0.2) is 107 Å². The summed E-state index contributed by atoms with van der Waals surface area (Å²) < 4.78 is 8.63. The molecule has 1 aromatic carbocycles. The summed E-state index contributed by atoms with van der Waals surface area (Å²) in [5.41, 5.74) is 11.8. The first kappa shape index (κ1) is 29.6. The minimum Gasteiger partial charge on any atom is -0.366 e. The summed E-state index contributed by atoms with van der Waals surface area (Å²) >= 11 is 0. The zero-order valence-electron chi connectivity index (χ0n) is 26.0. The Morgan fingerprint density at radius 2 is 1.79 bits per heavy atom. The van der Waals surface area contributed by atoms with Crippen LogP contribution in [0.4, 0.5) is 0 Å². The fourth-order valence-electron chi connectivity index (χ4n) is 7.60. The molecule has 3 fully saturated rings. The molecule has 1 aromatic heterocycles. The number of aromatic nitrogens is 2. The number of ether oxygens (including phenoxy) is 1. The van der Waals surface area contributed by atoms with E-state index >= 15 is 0 Å². The van der Waals surface area contributed by atoms with Gasteiger partial charge in [0.15, 0.2) is 0 Å². The van der Waals surface area contributed by atoms with E-state index in [-0.39, 0.29) is 12.0 Å². The largest absolute Gasteiger partial charge is 0.366 e. The van der Waals surface area contributed by atoms with Gasteiger partial charge >= 0.3 is 0 Å². The lowest BCUT2D eigenvalue weighted by atomic mass is 9.91. The Hall–Kier alpha value is -2.49. The normalized spacial score (nSPS) is 29.5. The second-order valence-corrected chi connectivity index (χ2v) is 13.2. The quantitative estimate of drug-likeness (QED) is 0.436. The van der Waals surface area contributed by atoms with Crippen LogP contribution in [0.15, 0.2) is 60.6 Å². The Bertz CT molecular complexity index is 1230. The van der Waals surface area contributed by atoms with Gasteiger partial charge in [-0.25, -0.2) is 0 Å². The number of nitrogens with zero attached hydrogens (tertiary/aromatic N) is 6. The summed E-state index contributed by atoms with van der Waals surface area (Å²) in [5.74, 6) is 0.275. The molecule has 0 amide bonds. The van der Waals surface area contributed by atoms with Crippen molar-refractivity contribution >= 4 is 0 Å². The molecule has 6 rings (SSSR count). The van der Waals surface area contributed by atoms with Gasteiger partial charge in [-0.1, -0.05) is 36.4 Å². The Morgan fingerprint density at radius 3 is 2.50 bits per heavy atom. The lowest BCUT2D eigenvalue weighted by Gasteiger charge is -2.42. The zero-order valence-corrected chi connectivity index (χ0v) is 26.0. The molecule has 4 atom stereocenters. The number of aryl methyl sites for hydroxylation is 2. The molecule has 3 aliphatic heterocycles. The van der Waals surface area contributed by atoms with Gasteiger partial charge in [-0.05, 0) is 88.0 Å². The van der Waals surface area contributed by atoms with Crippen LogP contribution in [0.2, 0.25) is 0 Å². The molecule has 42 heavy (non-hydrogen) atoms. The molecule has 1 aliphatic carbocycles. The molecule has 228 valence electrons. The molecule has 1 saturated carbocycles. The highest BCUT2D eigenvalue weighted by atomic mass is 16.5. The van der Waals surface area contributed by atoms with Crippen LogP contribution in [0.5, 0.6) is 0 Å². The van der Waals surface area contributed by atoms with Gasteiger partial charge in [0.2, 0.25) is 0 Å². The third-order valence-electron chi connectivity index (χ3n) is 10.2. The van der Waals surface area contributed by atoms with E-state index in [4.69, 9.17) is 10.5 Å². The molecular weight excluding hydrogens is 522 g/mol. The van der Waals surface area contributed by atoms with E-state index in [9.17, 15) is 0 Å². The van der Waals surface area contributed by atoms with Crippen molar-refractivity contribution in [3.63, 3.8) is 0 Å². The first-order valence-electron chi connectivity index (χ1n) is 16.1. The monoisotopic (exact) mass is 573 g/mol. The van der Waals surface area contributed by atoms with E-state index in [0.29, 0.717) is 12.6 Å². The van der Waals surface area contributed by atoms with Gasteiger partial charge in [-0.15, -0.1) is 0 Å². The maximum absolute atomic E-state index is 7.26. The van der Waals surface area contributed by atoms with Crippen LogP contribution in [0.1, 0.15) is 54.7 Å². The van der Waals surface area contributed by atoms with E-state index in [1.54, 1.807) is 0 Å². The topological polar surface area (TPSA) is 66.0 Å². The van der Waals surface area contributed by atoms with Crippen molar-refractivity contribution in [2.24, 2.45) is 12.8 Å². The van der Waals surface area contributed by atoms with E-state index < -0.39 is 5.72 Å². The summed E-state index contributed by atoms with van der Waals surface area (Å²) in [4.78, 5) is 9.97. The summed E-state index contributed by atoms with van der Waals surface area (Å²) in [5, 5.41) is 4.50. The van der Waals surface area contributed by atoms with Crippen LogP contribution < -0.4 is 5.73 Å². The molecule has 2 aromatic rings. The third kappa shape index (κ3) is 6.68. The molecule has 0 spiro atoms. The van der Waals surface area contributed by atoms with Crippen molar-refractivity contribution in [1.82, 2.24) is 29.4 Å². The highest BCUT2D eigenvalue weighted by Gasteiger charge is 2.50. The van der Waals surface area contributed by atoms with Crippen molar-refractivity contribution < 1.29 is 4.74 Å². The van der Waals surface area contributed by atoms with Gasteiger partial charge in [0.05, 0.1) is 18.8 Å². The number of hydrogen-bond acceptors (Lipinski definition) is 7. The maximum Gasteiger partial charge on any atom is 0.138 e. The standard InChI is InChI=1S/C34H51N7O/c1-37-19-21-40(22-20-37)17-4-7-27-10-12-28(13-11-27)26-42-34(35)15-14-31(30-23-36-39(3)24-30)33(34)41-18-5-8-29(25-41)32-9-6-16-38(32)2/h5,8,10-13,23-25,31-33H,4,6-7,9,14-22,26,35H2,1-3H3/t31?,32?,33-,34-/m0/s1. The highest BCUT2D eigenvalue weighted by molar-refractivity contribution is 5.31. The number of rotatable bonds is 10. The number of likely N-dealkylation sites (tertiary alicyclic amines) is 1. The van der Waals surface area contributed by atoms with Crippen LogP contribution in [-0.2, 0) is 24.8 Å². The number of likely N-dealkylation sites (N-methyl/N-ethyl adjacent to an activating group) is 2. The Labute approximate surface area is 252 Å². The second-order valence-electron chi connectivity index (χ2n) is 13.2. The molecule has 0 bridgehead atoms. The molecule has 8 heteroatoms. The van der Waals surface area contributed by atoms with Gasteiger partial charge in [0.1, 0.15) is 5.72 Å². The minimum atomic E-state index is -0.740. The lowest BCUT2D eigenvalue weighted by Crippen LogP contribution is -2.57. The maximum atomic E-state index is 7.26. The third-order valence-corrected chi connectivity index (χ3v) is 10.2. The van der Waals surface area contributed by atoms with E-state index in [1.807, 2.05) is 17.9 Å². The smallest absolute Gasteiger partial charge is 0.138 e. The average molecular weight is 574 g/mol. The molecular formula is C34H51N7O. The van der Waals surface area contributed by atoms with Crippen molar-refractivity contribution in [2.45, 2.75) is 68.9 Å². The molecule has 4 heterocycles. The number of nitrogens with two attached hydrogens (primary N) is 1. The van der Waals surface area contributed by atoms with Gasteiger partial charge in [0, 0.05) is 64.1 Å². The summed E-state index contributed by atoms with van der Waals surface area (Å²) in [6.45, 7) is 8.49. The fourth-order valence-corrected chi connectivity index (χ4v) is 7.60. The van der Waals surface area contributed by atoms with Gasteiger partial charge in [-0.3, -0.25) is 9.58 Å². The first-order valence-corrected chi connectivity index (χ1v) is 16.1. The predicted molar refractivity (Wildman–Crippen MR) is 169 cm³/mol. The molecule has 2 unspecified atom stereocenters. The van der Waals surface area contributed by atoms with Crippen LogP contribution >= 0.6 is 0 Å². The van der Waals surface area contributed by atoms with Crippen LogP contribution in [0.3, 0.4) is 0 Å². The zero-order chi connectivity index (χ0) is 29.1. The van der Waals surface area contributed by atoms with E-state index in [0.717, 1.165) is 32.4 Å². The summed E-state index contributed by atoms with van der Waals surface area (Å²) in [7, 11) is 6.46. The highest BCUT2D eigenvalue weighted by Crippen LogP contribution is 2.45. The predicted octanol–water partition coefficient (Wildman–Crippen LogP) is 3.57. The first-order chi connectivity index (χ1) is 20.4. The Kier molecular flexibility index (Phi) is 9.17. The molecule has 4 aliphatic rings. The van der Waals surface area contributed by atoms with Crippen molar-refractivity contribution in [2.75, 3.05) is 59.9 Å². The van der Waals surface area contributed by atoms with Crippen molar-refractivity contribution in [1.29, 1.82) is 0 Å². The molecule has 2 saturated heterocycles. The van der Waals surface area contributed by atoms with Crippen LogP contribution in [0, 0.1) is 0 Å².